The molecule has 0 aromatic carbocycles. The lowest BCUT2D eigenvalue weighted by Gasteiger charge is -2.07. The zero-order valence-corrected chi connectivity index (χ0v) is 7.86. The lowest BCUT2D eigenvalue weighted by atomic mass is 10.6. The zero-order chi connectivity index (χ0) is 9.52. The first-order valence-corrected chi connectivity index (χ1v) is 4.23. The van der Waals surface area contributed by atoms with Crippen LogP contribution in [0.2, 0.25) is 0 Å². The summed E-state index contributed by atoms with van der Waals surface area (Å²) in [6.07, 6.45) is 5.49. The van der Waals surface area contributed by atoms with Crippen LogP contribution in [0.4, 0.5) is 5.95 Å². The smallest absolute Gasteiger partial charge is 0.203 e. The molecular formula is C9H15N3O. The molecule has 4 nitrogen and oxygen atoms in total. The van der Waals surface area contributed by atoms with Crippen molar-refractivity contribution in [2.75, 3.05) is 25.6 Å². The first kappa shape index (κ1) is 9.80. The van der Waals surface area contributed by atoms with Crippen LogP contribution in [0, 0.1) is 0 Å². The maximum absolute atomic E-state index is 4.98. The minimum atomic E-state index is 0.694. The second-order valence-electron chi connectivity index (χ2n) is 2.61. The summed E-state index contributed by atoms with van der Waals surface area (Å²) in [5.74, 6) is 0.858. The highest BCUT2D eigenvalue weighted by Crippen LogP contribution is 2.02. The van der Waals surface area contributed by atoms with Gasteiger partial charge in [0.05, 0.1) is 6.61 Å². The number of anilines is 1. The topological polar surface area (TPSA) is 39.1 Å². The predicted molar refractivity (Wildman–Crippen MR) is 52.8 cm³/mol. The Bertz CT molecular complexity index is 257. The Kier molecular flexibility index (Phi) is 4.05. The van der Waals surface area contributed by atoms with Crippen molar-refractivity contribution in [3.8, 4) is 0 Å². The molecule has 13 heavy (non-hydrogen) atoms. The van der Waals surface area contributed by atoms with E-state index in [9.17, 15) is 0 Å². The highest BCUT2D eigenvalue weighted by Gasteiger charge is 1.99. The molecule has 0 aliphatic carbocycles. The number of hydrogen-bond donors (Lipinski definition) is 1. The summed E-state index contributed by atoms with van der Waals surface area (Å²) in [7, 11) is 1.69. The number of nitrogens with zero attached hydrogens (tertiary/aromatic N) is 2. The van der Waals surface area contributed by atoms with Crippen LogP contribution in [0.5, 0.6) is 0 Å². The summed E-state index contributed by atoms with van der Waals surface area (Å²) >= 11 is 0. The van der Waals surface area contributed by atoms with Crippen molar-refractivity contribution < 1.29 is 4.74 Å². The van der Waals surface area contributed by atoms with Gasteiger partial charge in [-0.15, -0.1) is 6.58 Å². The summed E-state index contributed by atoms with van der Waals surface area (Å²) in [4.78, 5) is 4.16. The molecular weight excluding hydrogens is 166 g/mol. The largest absolute Gasteiger partial charge is 0.383 e. The van der Waals surface area contributed by atoms with Crippen LogP contribution in [0.3, 0.4) is 0 Å². The van der Waals surface area contributed by atoms with Gasteiger partial charge in [0.25, 0.3) is 0 Å². The molecule has 1 N–H and O–H groups in total. The number of ether oxygens (including phenoxy) is 1. The molecule has 0 saturated carbocycles. The van der Waals surface area contributed by atoms with E-state index in [4.69, 9.17) is 4.74 Å². The molecule has 0 bridgehead atoms. The van der Waals surface area contributed by atoms with Gasteiger partial charge in [-0.3, -0.25) is 0 Å². The van der Waals surface area contributed by atoms with E-state index in [1.165, 1.54) is 0 Å². The van der Waals surface area contributed by atoms with Gasteiger partial charge in [-0.25, -0.2) is 4.98 Å². The van der Waals surface area contributed by atoms with Crippen LogP contribution in [0.15, 0.2) is 25.0 Å². The Hall–Kier alpha value is -1.29. The molecule has 0 aliphatic rings. The number of hydrogen-bond acceptors (Lipinski definition) is 3. The number of methoxy groups -OCH3 is 1. The van der Waals surface area contributed by atoms with Crippen molar-refractivity contribution in [1.29, 1.82) is 0 Å². The third-order valence-corrected chi connectivity index (χ3v) is 1.66. The summed E-state index contributed by atoms with van der Waals surface area (Å²) in [6.45, 7) is 5.86. The van der Waals surface area contributed by atoms with Crippen LogP contribution in [-0.2, 0) is 11.3 Å². The Labute approximate surface area is 78.2 Å². The zero-order valence-electron chi connectivity index (χ0n) is 7.86. The van der Waals surface area contributed by atoms with Crippen molar-refractivity contribution in [3.63, 3.8) is 0 Å². The van der Waals surface area contributed by atoms with Crippen LogP contribution in [0.1, 0.15) is 0 Å². The van der Waals surface area contributed by atoms with E-state index in [1.807, 2.05) is 10.8 Å². The highest BCUT2D eigenvalue weighted by atomic mass is 16.5. The van der Waals surface area contributed by atoms with Gasteiger partial charge < -0.3 is 14.6 Å². The van der Waals surface area contributed by atoms with E-state index < -0.39 is 0 Å². The number of nitrogens with one attached hydrogen (secondary N) is 1. The van der Waals surface area contributed by atoms with Crippen molar-refractivity contribution in [1.82, 2.24) is 9.55 Å². The first-order valence-electron chi connectivity index (χ1n) is 4.23. The van der Waals surface area contributed by atoms with Gasteiger partial charge in [-0.1, -0.05) is 6.08 Å². The number of imidazole rings is 1. The molecule has 0 fully saturated rings. The fourth-order valence-corrected chi connectivity index (χ4v) is 1.01. The quantitative estimate of drug-likeness (QED) is 0.669. The van der Waals surface area contributed by atoms with Crippen molar-refractivity contribution in [2.24, 2.45) is 0 Å². The Morgan fingerprint density at radius 3 is 3.31 bits per heavy atom. The molecule has 72 valence electrons. The molecule has 0 aliphatic heterocycles. The summed E-state index contributed by atoms with van der Waals surface area (Å²) in [6, 6.07) is 0. The maximum atomic E-state index is 4.98. The molecule has 1 rings (SSSR count). The third kappa shape index (κ3) is 2.91. The third-order valence-electron chi connectivity index (χ3n) is 1.66. The summed E-state index contributed by atoms with van der Waals surface area (Å²) in [5, 5.41) is 3.13. The molecule has 1 aromatic heterocycles. The van der Waals surface area contributed by atoms with Crippen LogP contribution >= 0.6 is 0 Å². The molecule has 0 atom stereocenters. The highest BCUT2D eigenvalue weighted by molar-refractivity contribution is 5.26. The molecule has 1 heterocycles. The molecule has 0 unspecified atom stereocenters. The van der Waals surface area contributed by atoms with E-state index in [0.717, 1.165) is 19.0 Å². The molecule has 4 heteroatoms. The van der Waals surface area contributed by atoms with Crippen LogP contribution < -0.4 is 5.32 Å². The Morgan fingerprint density at radius 2 is 2.62 bits per heavy atom. The molecule has 0 saturated heterocycles. The predicted octanol–water partition coefficient (Wildman–Crippen LogP) is 1.13. The fourth-order valence-electron chi connectivity index (χ4n) is 1.01. The Balaban J connectivity index is 2.49. The standard InChI is InChI=1S/C9H15N3O/c1-3-4-10-9-11-5-6-12(9)7-8-13-2/h3,5-6H,1,4,7-8H2,2H3,(H,10,11). The van der Waals surface area contributed by atoms with Crippen LogP contribution in [0.25, 0.3) is 0 Å². The molecule has 1 aromatic rings. The van der Waals surface area contributed by atoms with Gasteiger partial charge in [0.15, 0.2) is 0 Å². The van der Waals surface area contributed by atoms with Crippen molar-refractivity contribution >= 4 is 5.95 Å². The average Bonchev–Trinajstić information content (AvgIpc) is 2.59. The van der Waals surface area contributed by atoms with E-state index in [1.54, 1.807) is 19.4 Å². The van der Waals surface area contributed by atoms with E-state index >= 15 is 0 Å². The Morgan fingerprint density at radius 1 is 1.77 bits per heavy atom. The molecule has 0 spiro atoms. The van der Waals surface area contributed by atoms with Gasteiger partial charge in [0, 0.05) is 32.6 Å². The lowest BCUT2D eigenvalue weighted by Crippen LogP contribution is -2.09. The number of rotatable bonds is 6. The van der Waals surface area contributed by atoms with Crippen LogP contribution in [-0.4, -0.2) is 29.8 Å². The van der Waals surface area contributed by atoms with E-state index in [0.29, 0.717) is 6.61 Å². The van der Waals surface area contributed by atoms with Gasteiger partial charge in [0.2, 0.25) is 5.95 Å². The molecule has 0 radical (unpaired) electrons. The maximum Gasteiger partial charge on any atom is 0.203 e. The number of aromatic nitrogens is 2. The fraction of sp³-hybridized carbons (Fsp3) is 0.444. The van der Waals surface area contributed by atoms with E-state index in [-0.39, 0.29) is 0 Å². The minimum absolute atomic E-state index is 0.694. The minimum Gasteiger partial charge on any atom is -0.383 e. The monoisotopic (exact) mass is 181 g/mol. The van der Waals surface area contributed by atoms with Crippen molar-refractivity contribution in [3.05, 3.63) is 25.0 Å². The summed E-state index contributed by atoms with van der Waals surface area (Å²) in [5.41, 5.74) is 0. The second-order valence-corrected chi connectivity index (χ2v) is 2.61. The van der Waals surface area contributed by atoms with Gasteiger partial charge in [-0.05, 0) is 0 Å². The normalized spacial score (nSPS) is 9.92. The molecule has 0 amide bonds. The summed E-state index contributed by atoms with van der Waals surface area (Å²) < 4.78 is 6.99. The second kappa shape index (κ2) is 5.37. The van der Waals surface area contributed by atoms with Gasteiger partial charge in [0.1, 0.15) is 0 Å². The van der Waals surface area contributed by atoms with Crippen molar-refractivity contribution in [2.45, 2.75) is 6.54 Å². The van der Waals surface area contributed by atoms with Gasteiger partial charge >= 0.3 is 0 Å². The first-order chi connectivity index (χ1) is 6.38. The average molecular weight is 181 g/mol. The van der Waals surface area contributed by atoms with E-state index in [2.05, 4.69) is 16.9 Å². The van der Waals surface area contributed by atoms with Gasteiger partial charge in [-0.2, -0.15) is 0 Å². The lowest BCUT2D eigenvalue weighted by molar-refractivity contribution is 0.187. The SMILES string of the molecule is C=CCNc1nccn1CCOC.